The van der Waals surface area contributed by atoms with Crippen LogP contribution >= 0.6 is 0 Å². The molecule has 0 saturated carbocycles. The molecule has 0 spiro atoms. The van der Waals surface area contributed by atoms with E-state index in [0.29, 0.717) is 18.8 Å². The van der Waals surface area contributed by atoms with Crippen LogP contribution in [0.15, 0.2) is 24.3 Å². The summed E-state index contributed by atoms with van der Waals surface area (Å²) in [7, 11) is 0. The number of hydrogen-bond donors (Lipinski definition) is 0. The van der Waals surface area contributed by atoms with Crippen LogP contribution in [0.5, 0.6) is 0 Å². The highest BCUT2D eigenvalue weighted by molar-refractivity contribution is 5.87. The van der Waals surface area contributed by atoms with Crippen LogP contribution in [0.3, 0.4) is 0 Å². The number of ether oxygens (including phenoxy) is 2. The number of carbonyl (C=O) groups excluding carboxylic acids is 1. The van der Waals surface area contributed by atoms with Gasteiger partial charge in [-0.25, -0.2) is 4.79 Å². The van der Waals surface area contributed by atoms with Crippen LogP contribution in [-0.2, 0) is 14.3 Å². The molecule has 0 aliphatic carbocycles. The molecule has 3 heteroatoms. The topological polar surface area (TPSA) is 35.5 Å². The Hall–Kier alpha value is -1.09. The van der Waals surface area contributed by atoms with Gasteiger partial charge in [0.1, 0.15) is 0 Å². The lowest BCUT2D eigenvalue weighted by Crippen LogP contribution is -2.13. The Morgan fingerprint density at radius 3 is 2.47 bits per heavy atom. The van der Waals surface area contributed by atoms with Crippen molar-refractivity contribution in [3.8, 4) is 0 Å². The van der Waals surface area contributed by atoms with E-state index in [1.165, 1.54) is 0 Å². The maximum Gasteiger partial charge on any atom is 0.335 e. The van der Waals surface area contributed by atoms with Gasteiger partial charge in [-0.3, -0.25) is 0 Å². The molecule has 0 atom stereocenters. The standard InChI is InChI=1S/C12H20O3/c1-5-6-7-15-12(13)11(4)9-14-8-10(2)3/h2,4-9H2,1,3H3. The summed E-state index contributed by atoms with van der Waals surface area (Å²) in [6.07, 6.45) is 1.89. The molecule has 3 nitrogen and oxygen atoms in total. The molecule has 0 rings (SSSR count). The van der Waals surface area contributed by atoms with E-state index in [2.05, 4.69) is 13.2 Å². The number of carbonyl (C=O) groups is 1. The molecule has 15 heavy (non-hydrogen) atoms. The first-order valence-corrected chi connectivity index (χ1v) is 5.15. The molecule has 0 bridgehead atoms. The molecule has 0 heterocycles. The molecular weight excluding hydrogens is 192 g/mol. The minimum absolute atomic E-state index is 0.206. The normalized spacial score (nSPS) is 9.73. The minimum atomic E-state index is -0.370. The number of hydrogen-bond acceptors (Lipinski definition) is 3. The van der Waals surface area contributed by atoms with Crippen LogP contribution in [0.4, 0.5) is 0 Å². The van der Waals surface area contributed by atoms with Crippen molar-refractivity contribution in [3.63, 3.8) is 0 Å². The van der Waals surface area contributed by atoms with Gasteiger partial charge in [-0.15, -0.1) is 0 Å². The molecule has 0 aliphatic rings. The van der Waals surface area contributed by atoms with Gasteiger partial charge in [-0.1, -0.05) is 32.1 Å². The van der Waals surface area contributed by atoms with E-state index in [9.17, 15) is 4.79 Å². The van der Waals surface area contributed by atoms with Crippen LogP contribution in [0.2, 0.25) is 0 Å². The van der Waals surface area contributed by atoms with Gasteiger partial charge < -0.3 is 9.47 Å². The van der Waals surface area contributed by atoms with Crippen molar-refractivity contribution in [2.24, 2.45) is 0 Å². The van der Waals surface area contributed by atoms with Gasteiger partial charge in [0.2, 0.25) is 0 Å². The zero-order valence-corrected chi connectivity index (χ0v) is 9.67. The molecule has 0 unspecified atom stereocenters. The Morgan fingerprint density at radius 1 is 1.27 bits per heavy atom. The average molecular weight is 212 g/mol. The van der Waals surface area contributed by atoms with Crippen molar-refractivity contribution in [1.29, 1.82) is 0 Å². The largest absolute Gasteiger partial charge is 0.462 e. The Balaban J connectivity index is 3.60. The third-order valence-corrected chi connectivity index (χ3v) is 1.64. The van der Waals surface area contributed by atoms with Gasteiger partial charge in [0.25, 0.3) is 0 Å². The van der Waals surface area contributed by atoms with E-state index < -0.39 is 0 Å². The molecular formula is C12H20O3. The highest BCUT2D eigenvalue weighted by Gasteiger charge is 2.07. The summed E-state index contributed by atoms with van der Waals surface area (Å²) >= 11 is 0. The third-order valence-electron chi connectivity index (χ3n) is 1.64. The molecule has 0 N–H and O–H groups in total. The van der Waals surface area contributed by atoms with Gasteiger partial charge in [0.05, 0.1) is 25.4 Å². The molecule has 86 valence electrons. The van der Waals surface area contributed by atoms with Crippen molar-refractivity contribution < 1.29 is 14.3 Å². The van der Waals surface area contributed by atoms with E-state index in [0.717, 1.165) is 18.4 Å². The summed E-state index contributed by atoms with van der Waals surface area (Å²) in [4.78, 5) is 11.3. The third kappa shape index (κ3) is 7.94. The second-order valence-electron chi connectivity index (χ2n) is 3.54. The summed E-state index contributed by atoms with van der Waals surface area (Å²) < 4.78 is 10.1. The van der Waals surface area contributed by atoms with Crippen LogP contribution in [0.1, 0.15) is 26.7 Å². The Labute approximate surface area is 91.8 Å². The molecule has 0 aromatic carbocycles. The average Bonchev–Trinajstić information content (AvgIpc) is 2.17. The summed E-state index contributed by atoms with van der Waals surface area (Å²) in [6, 6.07) is 0. The first-order chi connectivity index (χ1) is 7.07. The van der Waals surface area contributed by atoms with Crippen molar-refractivity contribution in [2.75, 3.05) is 19.8 Å². The first-order valence-electron chi connectivity index (χ1n) is 5.15. The molecule has 0 aromatic rings. The zero-order chi connectivity index (χ0) is 11.7. The fourth-order valence-corrected chi connectivity index (χ4v) is 0.819. The lowest BCUT2D eigenvalue weighted by molar-refractivity contribution is -0.139. The smallest absolute Gasteiger partial charge is 0.335 e. The number of unbranched alkanes of at least 4 members (excludes halogenated alkanes) is 1. The second-order valence-corrected chi connectivity index (χ2v) is 3.54. The van der Waals surface area contributed by atoms with Crippen molar-refractivity contribution in [3.05, 3.63) is 24.3 Å². The van der Waals surface area contributed by atoms with Gasteiger partial charge >= 0.3 is 5.97 Å². The Morgan fingerprint density at radius 2 is 1.93 bits per heavy atom. The van der Waals surface area contributed by atoms with Crippen LogP contribution in [-0.4, -0.2) is 25.8 Å². The van der Waals surface area contributed by atoms with Crippen LogP contribution < -0.4 is 0 Å². The Kier molecular flexibility index (Phi) is 7.64. The fourth-order valence-electron chi connectivity index (χ4n) is 0.819. The number of esters is 1. The van der Waals surface area contributed by atoms with Gasteiger partial charge in [-0.05, 0) is 13.3 Å². The maximum absolute atomic E-state index is 11.3. The number of rotatable bonds is 8. The van der Waals surface area contributed by atoms with E-state index >= 15 is 0 Å². The summed E-state index contributed by atoms with van der Waals surface area (Å²) in [5.41, 5.74) is 1.27. The highest BCUT2D eigenvalue weighted by atomic mass is 16.5. The van der Waals surface area contributed by atoms with E-state index in [1.807, 2.05) is 13.8 Å². The predicted molar refractivity (Wildman–Crippen MR) is 60.6 cm³/mol. The van der Waals surface area contributed by atoms with E-state index in [1.54, 1.807) is 0 Å². The van der Waals surface area contributed by atoms with Crippen LogP contribution in [0, 0.1) is 0 Å². The lowest BCUT2D eigenvalue weighted by atomic mass is 10.3. The molecule has 0 aromatic heterocycles. The van der Waals surface area contributed by atoms with Crippen molar-refractivity contribution in [1.82, 2.24) is 0 Å². The molecule has 0 fully saturated rings. The summed E-state index contributed by atoms with van der Waals surface area (Å²) in [5, 5.41) is 0. The molecule has 0 saturated heterocycles. The second kappa shape index (κ2) is 8.24. The van der Waals surface area contributed by atoms with Crippen molar-refractivity contribution in [2.45, 2.75) is 26.7 Å². The zero-order valence-electron chi connectivity index (χ0n) is 9.67. The lowest BCUT2D eigenvalue weighted by Gasteiger charge is -2.07. The summed E-state index contributed by atoms with van der Waals surface area (Å²) in [6.45, 7) is 12.3. The first kappa shape index (κ1) is 13.9. The van der Waals surface area contributed by atoms with Crippen LogP contribution in [0.25, 0.3) is 0 Å². The van der Waals surface area contributed by atoms with E-state index in [4.69, 9.17) is 9.47 Å². The molecule has 0 radical (unpaired) electrons. The molecule has 0 aliphatic heterocycles. The van der Waals surface area contributed by atoms with Gasteiger partial charge in [0, 0.05) is 0 Å². The fraction of sp³-hybridized carbons (Fsp3) is 0.583. The minimum Gasteiger partial charge on any atom is -0.462 e. The van der Waals surface area contributed by atoms with E-state index in [-0.39, 0.29) is 12.6 Å². The quantitative estimate of drug-likeness (QED) is 0.268. The maximum atomic E-state index is 11.3. The van der Waals surface area contributed by atoms with Crippen molar-refractivity contribution >= 4 is 5.97 Å². The van der Waals surface area contributed by atoms with Gasteiger partial charge in [-0.2, -0.15) is 0 Å². The SMILES string of the molecule is C=C(C)COCC(=C)C(=O)OCCCC. The molecule has 0 amide bonds. The van der Waals surface area contributed by atoms with Gasteiger partial charge in [0.15, 0.2) is 0 Å². The Bertz CT molecular complexity index is 231. The predicted octanol–water partition coefficient (Wildman–Crippen LogP) is 2.48. The summed E-state index contributed by atoms with van der Waals surface area (Å²) in [5.74, 6) is -0.370. The monoisotopic (exact) mass is 212 g/mol. The highest BCUT2D eigenvalue weighted by Crippen LogP contribution is 1.99.